The molecule has 0 aromatic carbocycles. The van der Waals surface area contributed by atoms with Crippen molar-refractivity contribution in [2.24, 2.45) is 5.41 Å². The number of nitrogens with zero attached hydrogens (tertiary/aromatic N) is 1. The lowest BCUT2D eigenvalue weighted by atomic mass is 9.97. The van der Waals surface area contributed by atoms with Gasteiger partial charge in [-0.3, -0.25) is 0 Å². The fraction of sp³-hybridized carbons (Fsp3) is 0.625. The molecule has 0 saturated carbocycles. The van der Waals surface area contributed by atoms with Crippen molar-refractivity contribution in [3.05, 3.63) is 12.3 Å². The smallest absolute Gasteiger partial charge is 0.169 e. The summed E-state index contributed by atoms with van der Waals surface area (Å²) in [6.45, 7) is 7.40. The van der Waals surface area contributed by atoms with Crippen LogP contribution in [0.5, 0.6) is 0 Å². The molecule has 62 valence electrons. The first-order valence-electron chi connectivity index (χ1n) is 3.72. The van der Waals surface area contributed by atoms with Crippen molar-refractivity contribution in [1.82, 2.24) is 5.16 Å². The molecule has 1 aromatic heterocycles. The molecular formula is C8H14N2O. The van der Waals surface area contributed by atoms with Crippen LogP contribution in [-0.2, 0) is 0 Å². The molecule has 3 heteroatoms. The molecule has 0 radical (unpaired) electrons. The molecule has 1 heterocycles. The summed E-state index contributed by atoms with van der Waals surface area (Å²) in [5, 5.41) is 6.89. The van der Waals surface area contributed by atoms with Gasteiger partial charge in [-0.05, 0) is 5.41 Å². The third kappa shape index (κ3) is 3.07. The van der Waals surface area contributed by atoms with Gasteiger partial charge >= 0.3 is 0 Å². The molecule has 3 nitrogen and oxygen atoms in total. The first-order chi connectivity index (χ1) is 5.08. The van der Waals surface area contributed by atoms with E-state index < -0.39 is 0 Å². The van der Waals surface area contributed by atoms with Crippen molar-refractivity contribution in [3.63, 3.8) is 0 Å². The van der Waals surface area contributed by atoms with Crippen LogP contribution >= 0.6 is 0 Å². The quantitative estimate of drug-likeness (QED) is 0.709. The molecule has 0 bridgehead atoms. The lowest BCUT2D eigenvalue weighted by Gasteiger charge is -2.17. The van der Waals surface area contributed by atoms with Gasteiger partial charge in [0.15, 0.2) is 5.82 Å². The van der Waals surface area contributed by atoms with Gasteiger partial charge in [0.25, 0.3) is 0 Å². The first-order valence-corrected chi connectivity index (χ1v) is 3.72. The molecule has 1 aromatic rings. The average Bonchev–Trinajstić information content (AvgIpc) is 2.32. The Balaban J connectivity index is 2.35. The second-order valence-electron chi connectivity index (χ2n) is 3.80. The van der Waals surface area contributed by atoms with Crippen LogP contribution in [0.1, 0.15) is 20.8 Å². The highest BCUT2D eigenvalue weighted by Gasteiger charge is 2.09. The van der Waals surface area contributed by atoms with Crippen LogP contribution < -0.4 is 5.32 Å². The summed E-state index contributed by atoms with van der Waals surface area (Å²) < 4.78 is 4.67. The Morgan fingerprint density at radius 1 is 1.55 bits per heavy atom. The highest BCUT2D eigenvalue weighted by molar-refractivity contribution is 5.30. The summed E-state index contributed by atoms with van der Waals surface area (Å²) >= 11 is 0. The normalized spacial score (nSPS) is 11.5. The molecule has 0 atom stereocenters. The molecular weight excluding hydrogens is 140 g/mol. The lowest BCUT2D eigenvalue weighted by molar-refractivity contribution is 0.415. The van der Waals surface area contributed by atoms with E-state index in [1.54, 1.807) is 6.26 Å². The van der Waals surface area contributed by atoms with E-state index in [1.165, 1.54) is 0 Å². The Morgan fingerprint density at radius 3 is 2.73 bits per heavy atom. The second kappa shape index (κ2) is 2.95. The lowest BCUT2D eigenvalue weighted by Crippen LogP contribution is -2.18. The zero-order valence-corrected chi connectivity index (χ0v) is 7.22. The van der Waals surface area contributed by atoms with E-state index in [9.17, 15) is 0 Å². The SMILES string of the molecule is CC(C)(C)CNc1ccon1. The van der Waals surface area contributed by atoms with E-state index in [0.717, 1.165) is 12.4 Å². The van der Waals surface area contributed by atoms with E-state index in [1.807, 2.05) is 6.07 Å². The van der Waals surface area contributed by atoms with Crippen molar-refractivity contribution < 1.29 is 4.52 Å². The topological polar surface area (TPSA) is 38.1 Å². The third-order valence-electron chi connectivity index (χ3n) is 1.24. The molecule has 0 aliphatic carbocycles. The minimum Gasteiger partial charge on any atom is -0.367 e. The number of aromatic nitrogens is 1. The van der Waals surface area contributed by atoms with E-state index in [2.05, 4.69) is 35.8 Å². The summed E-state index contributed by atoms with van der Waals surface area (Å²) in [5.74, 6) is 0.805. The minimum atomic E-state index is 0.277. The van der Waals surface area contributed by atoms with Crippen molar-refractivity contribution in [2.75, 3.05) is 11.9 Å². The number of hydrogen-bond donors (Lipinski definition) is 1. The van der Waals surface area contributed by atoms with E-state index in [4.69, 9.17) is 0 Å². The van der Waals surface area contributed by atoms with Crippen LogP contribution in [0.3, 0.4) is 0 Å². The Bertz CT molecular complexity index is 198. The largest absolute Gasteiger partial charge is 0.367 e. The molecule has 0 aliphatic heterocycles. The van der Waals surface area contributed by atoms with Crippen LogP contribution in [0.4, 0.5) is 5.82 Å². The van der Waals surface area contributed by atoms with Crippen LogP contribution in [0.25, 0.3) is 0 Å². The Morgan fingerprint density at radius 2 is 2.27 bits per heavy atom. The van der Waals surface area contributed by atoms with Gasteiger partial charge in [0.05, 0.1) is 0 Å². The van der Waals surface area contributed by atoms with E-state index >= 15 is 0 Å². The zero-order chi connectivity index (χ0) is 8.32. The van der Waals surface area contributed by atoms with E-state index in [0.29, 0.717) is 0 Å². The molecule has 0 aliphatic rings. The molecule has 1 rings (SSSR count). The molecule has 0 fully saturated rings. The molecule has 0 spiro atoms. The maximum atomic E-state index is 4.67. The fourth-order valence-corrected chi connectivity index (χ4v) is 0.659. The maximum Gasteiger partial charge on any atom is 0.169 e. The van der Waals surface area contributed by atoms with E-state index in [-0.39, 0.29) is 5.41 Å². The first kappa shape index (κ1) is 8.11. The summed E-state index contributed by atoms with van der Waals surface area (Å²) in [4.78, 5) is 0. The van der Waals surface area contributed by atoms with Crippen molar-refractivity contribution in [1.29, 1.82) is 0 Å². The molecule has 11 heavy (non-hydrogen) atoms. The molecule has 1 N–H and O–H groups in total. The van der Waals surface area contributed by atoms with Crippen LogP contribution in [0.2, 0.25) is 0 Å². The average molecular weight is 154 g/mol. The predicted octanol–water partition coefficient (Wildman–Crippen LogP) is 2.13. The Labute approximate surface area is 66.8 Å². The fourth-order valence-electron chi connectivity index (χ4n) is 0.659. The number of nitrogens with one attached hydrogen (secondary N) is 1. The summed E-state index contributed by atoms with van der Waals surface area (Å²) in [6.07, 6.45) is 1.56. The molecule has 0 unspecified atom stereocenters. The van der Waals surface area contributed by atoms with Crippen molar-refractivity contribution in [2.45, 2.75) is 20.8 Å². The molecule has 0 saturated heterocycles. The van der Waals surface area contributed by atoms with Gasteiger partial charge in [-0.15, -0.1) is 0 Å². The van der Waals surface area contributed by atoms with Gasteiger partial charge in [-0.25, -0.2) is 0 Å². The highest BCUT2D eigenvalue weighted by Crippen LogP contribution is 2.13. The number of hydrogen-bond acceptors (Lipinski definition) is 3. The van der Waals surface area contributed by atoms with Crippen LogP contribution in [-0.4, -0.2) is 11.7 Å². The Kier molecular flexibility index (Phi) is 2.17. The number of rotatable bonds is 2. The third-order valence-corrected chi connectivity index (χ3v) is 1.24. The van der Waals surface area contributed by atoms with Crippen molar-refractivity contribution >= 4 is 5.82 Å². The number of anilines is 1. The second-order valence-corrected chi connectivity index (χ2v) is 3.80. The van der Waals surface area contributed by atoms with Gasteiger partial charge in [-0.1, -0.05) is 25.9 Å². The van der Waals surface area contributed by atoms with Gasteiger partial charge in [0.1, 0.15) is 6.26 Å². The van der Waals surface area contributed by atoms with Crippen LogP contribution in [0, 0.1) is 5.41 Å². The monoisotopic (exact) mass is 154 g/mol. The predicted molar refractivity (Wildman–Crippen MR) is 44.4 cm³/mol. The summed E-state index contributed by atoms with van der Waals surface area (Å²) in [7, 11) is 0. The maximum absolute atomic E-state index is 4.67. The van der Waals surface area contributed by atoms with Gasteiger partial charge in [0.2, 0.25) is 0 Å². The minimum absolute atomic E-state index is 0.277. The Hall–Kier alpha value is -0.990. The van der Waals surface area contributed by atoms with Gasteiger partial charge in [-0.2, -0.15) is 0 Å². The summed E-state index contributed by atoms with van der Waals surface area (Å²) in [5.41, 5.74) is 0.277. The standard InChI is InChI=1S/C8H14N2O/c1-8(2,3)6-9-7-4-5-11-10-7/h4-5H,6H2,1-3H3,(H,9,10). The summed E-state index contributed by atoms with van der Waals surface area (Å²) in [6, 6.07) is 1.81. The zero-order valence-electron chi connectivity index (χ0n) is 7.22. The van der Waals surface area contributed by atoms with Crippen molar-refractivity contribution in [3.8, 4) is 0 Å². The highest BCUT2D eigenvalue weighted by atomic mass is 16.5. The van der Waals surface area contributed by atoms with Gasteiger partial charge < -0.3 is 9.84 Å². The van der Waals surface area contributed by atoms with Crippen LogP contribution in [0.15, 0.2) is 16.9 Å². The van der Waals surface area contributed by atoms with Gasteiger partial charge in [0, 0.05) is 12.6 Å². The molecule has 0 amide bonds.